The van der Waals surface area contributed by atoms with Crippen molar-refractivity contribution < 1.29 is 4.84 Å². The Hall–Kier alpha value is -1.09. The molecule has 76 valence electrons. The average molecular weight is 192 g/mol. The fraction of sp³-hybridized carbons (Fsp3) is 0.545. The van der Waals surface area contributed by atoms with E-state index in [1.807, 2.05) is 12.1 Å². The summed E-state index contributed by atoms with van der Waals surface area (Å²) >= 11 is 0. The molecule has 1 aromatic heterocycles. The lowest BCUT2D eigenvalue weighted by Gasteiger charge is -2.32. The van der Waals surface area contributed by atoms with Gasteiger partial charge in [0.25, 0.3) is 0 Å². The quantitative estimate of drug-likeness (QED) is 0.718. The molecule has 0 radical (unpaired) electrons. The molecule has 0 saturated carbocycles. The van der Waals surface area contributed by atoms with Crippen molar-refractivity contribution >= 4 is 0 Å². The van der Waals surface area contributed by atoms with Gasteiger partial charge in [0.2, 0.25) is 0 Å². The second-order valence-electron chi connectivity index (χ2n) is 3.77. The maximum Gasteiger partial charge on any atom is 0.165 e. The number of hydrogen-bond acceptors (Lipinski definition) is 3. The van der Waals surface area contributed by atoms with Crippen LogP contribution in [0.3, 0.4) is 0 Å². The smallest absolute Gasteiger partial charge is 0.165 e. The van der Waals surface area contributed by atoms with E-state index in [0.717, 1.165) is 12.3 Å². The van der Waals surface area contributed by atoms with Gasteiger partial charge in [0.15, 0.2) is 5.75 Å². The summed E-state index contributed by atoms with van der Waals surface area (Å²) in [6.45, 7) is 3.23. The van der Waals surface area contributed by atoms with E-state index in [-0.39, 0.29) is 0 Å². The minimum Gasteiger partial charge on any atom is -0.404 e. The third kappa shape index (κ3) is 2.23. The number of hydrogen-bond donors (Lipinski definition) is 0. The monoisotopic (exact) mass is 192 g/mol. The second kappa shape index (κ2) is 4.42. The number of aromatic nitrogens is 1. The van der Waals surface area contributed by atoms with Crippen LogP contribution >= 0.6 is 0 Å². The molecule has 1 saturated heterocycles. The van der Waals surface area contributed by atoms with E-state index in [9.17, 15) is 0 Å². The van der Waals surface area contributed by atoms with Crippen molar-refractivity contribution in [1.82, 2.24) is 10.0 Å². The van der Waals surface area contributed by atoms with Gasteiger partial charge >= 0.3 is 0 Å². The summed E-state index contributed by atoms with van der Waals surface area (Å²) in [5.74, 6) is 0.834. The molecule has 0 aliphatic carbocycles. The Morgan fingerprint density at radius 3 is 3.14 bits per heavy atom. The van der Waals surface area contributed by atoms with Crippen molar-refractivity contribution in [3.63, 3.8) is 0 Å². The zero-order valence-corrected chi connectivity index (χ0v) is 8.52. The predicted octanol–water partition coefficient (Wildman–Crippen LogP) is 2.25. The Morgan fingerprint density at radius 2 is 2.43 bits per heavy atom. The van der Waals surface area contributed by atoms with Crippen LogP contribution in [0.1, 0.15) is 26.2 Å². The number of pyridine rings is 1. The minimum absolute atomic E-state index is 0.518. The van der Waals surface area contributed by atoms with E-state index in [1.165, 1.54) is 19.3 Å². The number of piperidine rings is 1. The van der Waals surface area contributed by atoms with Gasteiger partial charge in [-0.2, -0.15) is 0 Å². The molecular formula is C11H16N2O. The van der Waals surface area contributed by atoms with Crippen molar-refractivity contribution in [2.45, 2.75) is 32.2 Å². The van der Waals surface area contributed by atoms with Gasteiger partial charge in [-0.3, -0.25) is 4.98 Å². The Morgan fingerprint density at radius 1 is 1.50 bits per heavy atom. The Balaban J connectivity index is 1.96. The van der Waals surface area contributed by atoms with Gasteiger partial charge in [-0.05, 0) is 31.9 Å². The number of nitrogens with zero attached hydrogens (tertiary/aromatic N) is 2. The maximum absolute atomic E-state index is 5.74. The molecule has 14 heavy (non-hydrogen) atoms. The van der Waals surface area contributed by atoms with E-state index >= 15 is 0 Å². The van der Waals surface area contributed by atoms with Gasteiger partial charge in [-0.25, -0.2) is 0 Å². The first-order valence-electron chi connectivity index (χ1n) is 5.21. The zero-order valence-electron chi connectivity index (χ0n) is 8.52. The van der Waals surface area contributed by atoms with Gasteiger partial charge in [-0.15, -0.1) is 5.06 Å². The molecule has 2 heterocycles. The fourth-order valence-corrected chi connectivity index (χ4v) is 1.74. The predicted molar refractivity (Wildman–Crippen MR) is 54.9 cm³/mol. The lowest BCUT2D eigenvalue weighted by atomic mass is 10.1. The average Bonchev–Trinajstić information content (AvgIpc) is 2.23. The molecule has 3 nitrogen and oxygen atoms in total. The standard InChI is InChI=1S/C11H16N2O/c1-10-5-2-3-8-13(10)14-11-6-4-7-12-9-11/h4,6-7,9-10H,2-3,5,8H2,1H3. The number of hydroxylamine groups is 2. The molecule has 1 aliphatic heterocycles. The lowest BCUT2D eigenvalue weighted by molar-refractivity contribution is -0.106. The number of rotatable bonds is 2. The Labute approximate surface area is 84.7 Å². The van der Waals surface area contributed by atoms with Crippen LogP contribution in [0, 0.1) is 0 Å². The summed E-state index contributed by atoms with van der Waals surface area (Å²) in [7, 11) is 0. The summed E-state index contributed by atoms with van der Waals surface area (Å²) in [4.78, 5) is 9.76. The van der Waals surface area contributed by atoms with Gasteiger partial charge < -0.3 is 4.84 Å². The molecule has 1 unspecified atom stereocenters. The third-order valence-electron chi connectivity index (χ3n) is 2.60. The fourth-order valence-electron chi connectivity index (χ4n) is 1.74. The minimum atomic E-state index is 0.518. The van der Waals surface area contributed by atoms with Crippen molar-refractivity contribution in [3.05, 3.63) is 24.5 Å². The normalized spacial score (nSPS) is 23.4. The highest BCUT2D eigenvalue weighted by atomic mass is 16.7. The molecule has 1 aromatic rings. The van der Waals surface area contributed by atoms with Gasteiger partial charge in [0, 0.05) is 18.8 Å². The van der Waals surface area contributed by atoms with Crippen LogP contribution in [-0.4, -0.2) is 22.6 Å². The maximum atomic E-state index is 5.74. The summed E-state index contributed by atoms with van der Waals surface area (Å²) in [6.07, 6.45) is 7.27. The highest BCUT2D eigenvalue weighted by molar-refractivity contribution is 5.14. The van der Waals surface area contributed by atoms with E-state index in [4.69, 9.17) is 4.84 Å². The van der Waals surface area contributed by atoms with Crippen LogP contribution in [0.5, 0.6) is 5.75 Å². The van der Waals surface area contributed by atoms with Crippen LogP contribution in [-0.2, 0) is 0 Å². The van der Waals surface area contributed by atoms with Crippen molar-refractivity contribution in [1.29, 1.82) is 0 Å². The molecule has 0 N–H and O–H groups in total. The second-order valence-corrected chi connectivity index (χ2v) is 3.77. The summed E-state index contributed by atoms with van der Waals surface area (Å²) < 4.78 is 0. The molecule has 2 rings (SSSR count). The topological polar surface area (TPSA) is 25.4 Å². The molecule has 1 aliphatic rings. The zero-order chi connectivity index (χ0) is 9.80. The summed E-state index contributed by atoms with van der Waals surface area (Å²) in [6, 6.07) is 4.35. The van der Waals surface area contributed by atoms with E-state index in [2.05, 4.69) is 17.0 Å². The molecule has 0 amide bonds. The molecule has 0 aromatic carbocycles. The van der Waals surface area contributed by atoms with E-state index in [1.54, 1.807) is 12.4 Å². The first-order valence-corrected chi connectivity index (χ1v) is 5.21. The first kappa shape index (κ1) is 9.46. The first-order chi connectivity index (χ1) is 6.86. The molecule has 0 bridgehead atoms. The highest BCUT2D eigenvalue weighted by Gasteiger charge is 2.19. The van der Waals surface area contributed by atoms with Crippen molar-refractivity contribution in [3.8, 4) is 5.75 Å². The van der Waals surface area contributed by atoms with Gasteiger partial charge in [-0.1, -0.05) is 6.42 Å². The van der Waals surface area contributed by atoms with Crippen molar-refractivity contribution in [2.75, 3.05) is 6.54 Å². The van der Waals surface area contributed by atoms with Gasteiger partial charge in [0.1, 0.15) is 0 Å². The Bertz CT molecular complexity index is 276. The van der Waals surface area contributed by atoms with E-state index < -0.39 is 0 Å². The van der Waals surface area contributed by atoms with Crippen LogP contribution in [0.4, 0.5) is 0 Å². The molecule has 1 atom stereocenters. The Kier molecular flexibility index (Phi) is 2.99. The summed E-state index contributed by atoms with van der Waals surface area (Å²) in [5.41, 5.74) is 0. The SMILES string of the molecule is CC1CCCCN1Oc1cccnc1. The van der Waals surface area contributed by atoms with Crippen LogP contribution in [0.15, 0.2) is 24.5 Å². The van der Waals surface area contributed by atoms with Crippen LogP contribution in [0.25, 0.3) is 0 Å². The van der Waals surface area contributed by atoms with E-state index in [0.29, 0.717) is 6.04 Å². The van der Waals surface area contributed by atoms with Gasteiger partial charge in [0.05, 0.1) is 6.20 Å². The van der Waals surface area contributed by atoms with Crippen molar-refractivity contribution in [2.24, 2.45) is 0 Å². The highest BCUT2D eigenvalue weighted by Crippen LogP contribution is 2.19. The summed E-state index contributed by atoms with van der Waals surface area (Å²) in [5, 5.41) is 2.06. The third-order valence-corrected chi connectivity index (χ3v) is 2.60. The molecule has 1 fully saturated rings. The van der Waals surface area contributed by atoms with Crippen LogP contribution in [0.2, 0.25) is 0 Å². The molecular weight excluding hydrogens is 176 g/mol. The van der Waals surface area contributed by atoms with Crippen LogP contribution < -0.4 is 4.84 Å². The molecule has 3 heteroatoms. The lowest BCUT2D eigenvalue weighted by Crippen LogP contribution is -2.39. The molecule has 0 spiro atoms. The largest absolute Gasteiger partial charge is 0.404 e.